The maximum atomic E-state index is 5.04. The van der Waals surface area contributed by atoms with E-state index in [1.807, 2.05) is 18.1 Å². The van der Waals surface area contributed by atoms with Gasteiger partial charge in [-0.25, -0.2) is 0 Å². The Hall–Kier alpha value is -1.23. The van der Waals surface area contributed by atoms with Crippen molar-refractivity contribution in [3.63, 3.8) is 0 Å². The second kappa shape index (κ2) is 2.13. The first-order chi connectivity index (χ1) is 5.29. The van der Waals surface area contributed by atoms with E-state index in [4.69, 9.17) is 12.2 Å². The van der Waals surface area contributed by atoms with Crippen LogP contribution in [-0.2, 0) is 0 Å². The summed E-state index contributed by atoms with van der Waals surface area (Å²) in [6.45, 7) is 0. The highest BCUT2D eigenvalue weighted by molar-refractivity contribution is 7.80. The molecule has 11 heavy (non-hydrogen) atoms. The van der Waals surface area contributed by atoms with Gasteiger partial charge in [0.1, 0.15) is 10.7 Å². The molecule has 0 unspecified atom stereocenters. The quantitative estimate of drug-likeness (QED) is 0.430. The highest BCUT2D eigenvalue weighted by Crippen LogP contribution is 2.24. The lowest BCUT2D eigenvalue weighted by Crippen LogP contribution is -2.31. The Balaban J connectivity index is 2.37. The molecule has 0 atom stereocenters. The van der Waals surface area contributed by atoms with Gasteiger partial charge in [-0.2, -0.15) is 0 Å². The summed E-state index contributed by atoms with van der Waals surface area (Å²) in [5.41, 5.74) is 0.877. The van der Waals surface area contributed by atoms with E-state index in [1.165, 1.54) is 0 Å². The number of hydrogen-bond acceptors (Lipinski definition) is 4. The largest absolute Gasteiger partial charge is 0.350 e. The molecule has 0 saturated carbocycles. The number of likely N-dealkylation sites (N-methyl/N-ethyl adjacent to an activating group) is 1. The van der Waals surface area contributed by atoms with E-state index in [0.717, 1.165) is 11.5 Å². The van der Waals surface area contributed by atoms with Gasteiger partial charge in [0.15, 0.2) is 0 Å². The van der Waals surface area contributed by atoms with E-state index in [0.29, 0.717) is 4.99 Å². The Morgan fingerprint density at radius 1 is 1.55 bits per heavy atom. The molecule has 0 spiro atoms. The number of rotatable bonds is 0. The van der Waals surface area contributed by atoms with Crippen LogP contribution >= 0.6 is 12.2 Å². The molecule has 0 saturated heterocycles. The topological polar surface area (TPSA) is 40.0 Å². The van der Waals surface area contributed by atoms with E-state index in [-0.39, 0.29) is 0 Å². The smallest absolute Gasteiger partial charge is 0.223 e. The summed E-state index contributed by atoms with van der Waals surface area (Å²) in [6.07, 6.45) is 3.66. The van der Waals surface area contributed by atoms with Gasteiger partial charge < -0.3 is 10.2 Å². The lowest BCUT2D eigenvalue weighted by molar-refractivity contribution is 0.580. The van der Waals surface area contributed by atoms with Crippen LogP contribution in [0.1, 0.15) is 0 Å². The number of nitrogens with one attached hydrogen (secondary N) is 1. The molecule has 0 aromatic carbocycles. The van der Waals surface area contributed by atoms with Crippen molar-refractivity contribution >= 4 is 17.2 Å². The molecule has 5 heteroatoms. The highest BCUT2D eigenvalue weighted by Gasteiger charge is 2.22. The first-order valence-electron chi connectivity index (χ1n) is 3.15. The van der Waals surface area contributed by atoms with Crippen LogP contribution in [0.2, 0.25) is 0 Å². The summed E-state index contributed by atoms with van der Waals surface area (Å²) >= 11 is 5.04. The lowest BCUT2D eigenvalue weighted by atomic mass is 10.3. The summed E-state index contributed by atoms with van der Waals surface area (Å²) in [5.74, 6) is 0.731. The van der Waals surface area contributed by atoms with Crippen LogP contribution in [-0.4, -0.2) is 16.9 Å². The Labute approximate surface area is 69.3 Å². The number of hydrogen-bond donors (Lipinski definition) is 1. The van der Waals surface area contributed by atoms with Gasteiger partial charge in [0.05, 0.1) is 0 Å². The van der Waals surface area contributed by atoms with Crippen LogP contribution < -0.4 is 5.32 Å². The summed E-state index contributed by atoms with van der Waals surface area (Å²) in [7, 11) is 1.91. The van der Waals surface area contributed by atoms with Gasteiger partial charge in [0.2, 0.25) is 5.82 Å². The zero-order valence-corrected chi connectivity index (χ0v) is 6.72. The van der Waals surface area contributed by atoms with Crippen LogP contribution in [0, 0.1) is 0 Å². The van der Waals surface area contributed by atoms with E-state index in [1.54, 1.807) is 6.20 Å². The number of thiocarbonyl (C=S) groups is 1. The predicted molar refractivity (Wildman–Crippen MR) is 44.5 cm³/mol. The third kappa shape index (κ3) is 1.03. The van der Waals surface area contributed by atoms with Crippen molar-refractivity contribution < 1.29 is 0 Å². The lowest BCUT2D eigenvalue weighted by Gasteiger charge is -2.21. The summed E-state index contributed by atoms with van der Waals surface area (Å²) in [5, 5.41) is 10.4. The third-order valence-electron chi connectivity index (χ3n) is 1.49. The molecule has 0 aromatic heterocycles. The van der Waals surface area contributed by atoms with Crippen molar-refractivity contribution in [3.8, 4) is 0 Å². The van der Waals surface area contributed by atoms with Gasteiger partial charge >= 0.3 is 0 Å². The SMILES string of the molecule is CN1C=CNC(=S)C1=C1N=N1. The van der Waals surface area contributed by atoms with Crippen molar-refractivity contribution in [2.24, 2.45) is 10.2 Å². The van der Waals surface area contributed by atoms with Gasteiger partial charge in [-0.1, -0.05) is 12.2 Å². The normalized spacial score (nSPS) is 20.8. The minimum atomic E-state index is 0.676. The molecule has 4 nitrogen and oxygen atoms in total. The van der Waals surface area contributed by atoms with Crippen LogP contribution in [0.25, 0.3) is 0 Å². The maximum Gasteiger partial charge on any atom is 0.223 e. The molecule has 2 rings (SSSR count). The standard InChI is InChI=1S/C6H6N4S/c1-10-3-2-7-6(11)4(10)5-8-9-5/h2-3H,1H3,(H,7,11). The Morgan fingerprint density at radius 3 is 2.82 bits per heavy atom. The molecular formula is C6H6N4S. The molecule has 0 aliphatic carbocycles. The number of nitrogens with zero attached hydrogens (tertiary/aromatic N) is 3. The molecule has 0 bridgehead atoms. The van der Waals surface area contributed by atoms with E-state index in [2.05, 4.69) is 15.5 Å². The zero-order chi connectivity index (χ0) is 7.84. The monoisotopic (exact) mass is 166 g/mol. The second-order valence-electron chi connectivity index (χ2n) is 2.27. The van der Waals surface area contributed by atoms with Gasteiger partial charge in [-0.3, -0.25) is 0 Å². The molecule has 0 amide bonds. The van der Waals surface area contributed by atoms with Crippen molar-refractivity contribution in [2.45, 2.75) is 0 Å². The second-order valence-corrected chi connectivity index (χ2v) is 2.68. The fourth-order valence-corrected chi connectivity index (χ4v) is 1.21. The average molecular weight is 166 g/mol. The van der Waals surface area contributed by atoms with Gasteiger partial charge in [-0.15, -0.1) is 10.2 Å². The van der Waals surface area contributed by atoms with E-state index in [9.17, 15) is 0 Å². The Bertz CT molecular complexity index is 294. The van der Waals surface area contributed by atoms with Gasteiger partial charge in [-0.05, 0) is 0 Å². The molecule has 2 heterocycles. The summed E-state index contributed by atoms with van der Waals surface area (Å²) < 4.78 is 0. The van der Waals surface area contributed by atoms with Crippen LogP contribution in [0.5, 0.6) is 0 Å². The summed E-state index contributed by atoms with van der Waals surface area (Å²) in [6, 6.07) is 0. The third-order valence-corrected chi connectivity index (χ3v) is 1.80. The van der Waals surface area contributed by atoms with Gasteiger partial charge in [0.25, 0.3) is 0 Å². The van der Waals surface area contributed by atoms with Gasteiger partial charge in [0, 0.05) is 19.4 Å². The molecule has 1 N–H and O–H groups in total. The van der Waals surface area contributed by atoms with Crippen LogP contribution in [0.3, 0.4) is 0 Å². The molecule has 2 aliphatic heterocycles. The van der Waals surface area contributed by atoms with E-state index < -0.39 is 0 Å². The minimum absolute atomic E-state index is 0.676. The van der Waals surface area contributed by atoms with Crippen molar-refractivity contribution in [1.29, 1.82) is 0 Å². The Morgan fingerprint density at radius 2 is 2.27 bits per heavy atom. The molecule has 56 valence electrons. The highest BCUT2D eigenvalue weighted by atomic mass is 32.1. The van der Waals surface area contributed by atoms with Crippen molar-refractivity contribution in [1.82, 2.24) is 10.2 Å². The first-order valence-corrected chi connectivity index (χ1v) is 3.56. The minimum Gasteiger partial charge on any atom is -0.350 e. The Kier molecular flexibility index (Phi) is 1.25. The first kappa shape index (κ1) is 6.48. The average Bonchev–Trinajstić information content (AvgIpc) is 2.70. The molecule has 2 aliphatic rings. The van der Waals surface area contributed by atoms with E-state index >= 15 is 0 Å². The molecule has 0 aromatic rings. The van der Waals surface area contributed by atoms with Crippen molar-refractivity contribution in [3.05, 3.63) is 23.9 Å². The molecule has 0 fully saturated rings. The summed E-state index contributed by atoms with van der Waals surface area (Å²) in [4.78, 5) is 2.57. The molecule has 0 radical (unpaired) electrons. The molecular weight excluding hydrogens is 160 g/mol. The fraction of sp³-hybridized carbons (Fsp3) is 0.167. The van der Waals surface area contributed by atoms with Crippen LogP contribution in [0.15, 0.2) is 34.1 Å². The predicted octanol–water partition coefficient (Wildman–Crippen LogP) is 0.955. The zero-order valence-electron chi connectivity index (χ0n) is 5.90. The van der Waals surface area contributed by atoms with Crippen LogP contribution in [0.4, 0.5) is 0 Å². The maximum absolute atomic E-state index is 5.04. The van der Waals surface area contributed by atoms with Crippen molar-refractivity contribution in [2.75, 3.05) is 7.05 Å². The fourth-order valence-electron chi connectivity index (χ4n) is 0.907.